The lowest BCUT2D eigenvalue weighted by Crippen LogP contribution is -2.44. The van der Waals surface area contributed by atoms with E-state index in [2.05, 4.69) is 15.9 Å². The number of amides is 2. The molecule has 1 saturated heterocycles. The molecule has 82 valence electrons. The molecule has 14 heavy (non-hydrogen) atoms. The molecule has 0 aromatic carbocycles. The Morgan fingerprint density at radius 2 is 2.00 bits per heavy atom. The number of nitrogens with zero attached hydrogens (tertiary/aromatic N) is 2. The molecule has 3 nitrogen and oxygen atoms in total. The number of halogens is 1. The van der Waals surface area contributed by atoms with E-state index in [4.69, 9.17) is 0 Å². The molecule has 0 saturated carbocycles. The quantitative estimate of drug-likeness (QED) is 0.717. The molecule has 0 bridgehead atoms. The number of rotatable bonds is 3. The van der Waals surface area contributed by atoms with Crippen molar-refractivity contribution >= 4 is 22.0 Å². The molecule has 1 aliphatic rings. The highest BCUT2D eigenvalue weighted by atomic mass is 79.9. The van der Waals surface area contributed by atoms with Crippen LogP contribution in [0.3, 0.4) is 0 Å². The van der Waals surface area contributed by atoms with Crippen molar-refractivity contribution in [3.63, 3.8) is 0 Å². The summed E-state index contributed by atoms with van der Waals surface area (Å²) >= 11 is 3.37. The monoisotopic (exact) mass is 262 g/mol. The molecule has 1 heterocycles. The van der Waals surface area contributed by atoms with Crippen molar-refractivity contribution in [2.75, 3.05) is 32.0 Å². The van der Waals surface area contributed by atoms with E-state index in [-0.39, 0.29) is 6.03 Å². The molecule has 1 aliphatic heterocycles. The van der Waals surface area contributed by atoms with Crippen LogP contribution in [0.25, 0.3) is 0 Å². The smallest absolute Gasteiger partial charge is 0.319 e. The van der Waals surface area contributed by atoms with Crippen LogP contribution >= 0.6 is 15.9 Å². The lowest BCUT2D eigenvalue weighted by Gasteiger charge is -2.30. The van der Waals surface area contributed by atoms with Gasteiger partial charge in [0.15, 0.2) is 0 Å². The number of alkyl halides is 1. The fourth-order valence-electron chi connectivity index (χ4n) is 1.72. The second kappa shape index (κ2) is 6.27. The molecule has 0 radical (unpaired) electrons. The summed E-state index contributed by atoms with van der Waals surface area (Å²) < 4.78 is 0. The number of hydrogen-bond donors (Lipinski definition) is 0. The predicted octanol–water partition coefficient (Wildman–Crippen LogP) is 2.31. The van der Waals surface area contributed by atoms with Crippen LogP contribution in [0.1, 0.15) is 25.7 Å². The minimum Gasteiger partial charge on any atom is -0.328 e. The minimum absolute atomic E-state index is 0.200. The first-order chi connectivity index (χ1) is 6.75. The van der Waals surface area contributed by atoms with Gasteiger partial charge >= 0.3 is 6.03 Å². The van der Waals surface area contributed by atoms with Crippen molar-refractivity contribution in [1.29, 1.82) is 0 Å². The number of piperidine rings is 1. The van der Waals surface area contributed by atoms with E-state index in [1.807, 2.05) is 16.8 Å². The van der Waals surface area contributed by atoms with Gasteiger partial charge in [-0.05, 0) is 25.7 Å². The summed E-state index contributed by atoms with van der Waals surface area (Å²) in [7, 11) is 1.89. The van der Waals surface area contributed by atoms with Gasteiger partial charge < -0.3 is 9.80 Å². The molecule has 0 spiro atoms. The fraction of sp³-hybridized carbons (Fsp3) is 0.900. The van der Waals surface area contributed by atoms with Crippen LogP contribution in [-0.2, 0) is 0 Å². The number of carbonyl (C=O) groups is 1. The van der Waals surface area contributed by atoms with Gasteiger partial charge in [-0.15, -0.1) is 0 Å². The molecule has 0 N–H and O–H groups in total. The maximum absolute atomic E-state index is 11.8. The van der Waals surface area contributed by atoms with Crippen molar-refractivity contribution in [3.8, 4) is 0 Å². The van der Waals surface area contributed by atoms with Crippen LogP contribution < -0.4 is 0 Å². The summed E-state index contributed by atoms with van der Waals surface area (Å²) in [5.74, 6) is 0. The van der Waals surface area contributed by atoms with Gasteiger partial charge in [-0.1, -0.05) is 15.9 Å². The molecule has 0 unspecified atom stereocenters. The Kier molecular flexibility index (Phi) is 5.30. The topological polar surface area (TPSA) is 23.6 Å². The molecule has 0 atom stereocenters. The van der Waals surface area contributed by atoms with Gasteiger partial charge in [-0.2, -0.15) is 0 Å². The van der Waals surface area contributed by atoms with Crippen molar-refractivity contribution in [1.82, 2.24) is 9.80 Å². The predicted molar refractivity (Wildman–Crippen MR) is 61.9 cm³/mol. The van der Waals surface area contributed by atoms with Gasteiger partial charge in [-0.3, -0.25) is 0 Å². The normalized spacial score (nSPS) is 16.9. The molecule has 1 fully saturated rings. The lowest BCUT2D eigenvalue weighted by atomic mass is 10.1. The van der Waals surface area contributed by atoms with E-state index in [1.54, 1.807) is 0 Å². The zero-order valence-corrected chi connectivity index (χ0v) is 10.4. The van der Waals surface area contributed by atoms with E-state index in [9.17, 15) is 4.79 Å². The zero-order valence-electron chi connectivity index (χ0n) is 8.84. The lowest BCUT2D eigenvalue weighted by molar-refractivity contribution is 0.153. The third-order valence-electron chi connectivity index (χ3n) is 2.58. The van der Waals surface area contributed by atoms with Crippen molar-refractivity contribution in [2.24, 2.45) is 0 Å². The van der Waals surface area contributed by atoms with Crippen LogP contribution in [0.5, 0.6) is 0 Å². The van der Waals surface area contributed by atoms with E-state index in [0.29, 0.717) is 0 Å². The van der Waals surface area contributed by atoms with E-state index in [0.717, 1.165) is 44.2 Å². The Bertz CT molecular complexity index is 181. The van der Waals surface area contributed by atoms with Crippen molar-refractivity contribution in [2.45, 2.75) is 25.7 Å². The van der Waals surface area contributed by atoms with Crippen LogP contribution in [-0.4, -0.2) is 47.8 Å². The van der Waals surface area contributed by atoms with Crippen molar-refractivity contribution in [3.05, 3.63) is 0 Å². The highest BCUT2D eigenvalue weighted by Crippen LogP contribution is 2.10. The molecule has 0 aromatic rings. The molecular weight excluding hydrogens is 244 g/mol. The first kappa shape index (κ1) is 11.8. The maximum Gasteiger partial charge on any atom is 0.319 e. The summed E-state index contributed by atoms with van der Waals surface area (Å²) in [6.45, 7) is 2.73. The van der Waals surface area contributed by atoms with Crippen LogP contribution in [0.2, 0.25) is 0 Å². The van der Waals surface area contributed by atoms with Gasteiger partial charge in [0.2, 0.25) is 0 Å². The average Bonchev–Trinajstić information content (AvgIpc) is 2.26. The summed E-state index contributed by atoms with van der Waals surface area (Å²) in [4.78, 5) is 15.6. The second-order valence-electron chi connectivity index (χ2n) is 3.79. The summed E-state index contributed by atoms with van der Waals surface area (Å²) in [6.07, 6.45) is 4.63. The van der Waals surface area contributed by atoms with Gasteiger partial charge in [0.25, 0.3) is 0 Å². The highest BCUT2D eigenvalue weighted by molar-refractivity contribution is 9.09. The Balaban J connectivity index is 2.30. The SMILES string of the molecule is CN(CCCBr)C(=O)N1CCCCC1. The van der Waals surface area contributed by atoms with Crippen molar-refractivity contribution < 1.29 is 4.79 Å². The Labute approximate surface area is 94.6 Å². The van der Waals surface area contributed by atoms with E-state index < -0.39 is 0 Å². The average molecular weight is 263 g/mol. The third kappa shape index (κ3) is 3.48. The number of carbonyl (C=O) groups excluding carboxylic acids is 1. The number of urea groups is 1. The highest BCUT2D eigenvalue weighted by Gasteiger charge is 2.19. The zero-order chi connectivity index (χ0) is 10.4. The summed E-state index contributed by atoms with van der Waals surface area (Å²) in [6, 6.07) is 0.200. The molecule has 4 heteroatoms. The Morgan fingerprint density at radius 3 is 2.57 bits per heavy atom. The van der Waals surface area contributed by atoms with Gasteiger partial charge in [-0.25, -0.2) is 4.79 Å². The van der Waals surface area contributed by atoms with Crippen LogP contribution in [0, 0.1) is 0 Å². The Hall–Kier alpha value is -0.250. The summed E-state index contributed by atoms with van der Waals surface area (Å²) in [5, 5.41) is 0.963. The van der Waals surface area contributed by atoms with Gasteiger partial charge in [0.1, 0.15) is 0 Å². The number of likely N-dealkylation sites (tertiary alicyclic amines) is 1. The third-order valence-corrected chi connectivity index (χ3v) is 3.14. The van der Waals surface area contributed by atoms with Crippen LogP contribution in [0.15, 0.2) is 0 Å². The second-order valence-corrected chi connectivity index (χ2v) is 4.59. The fourth-order valence-corrected chi connectivity index (χ4v) is 1.97. The van der Waals surface area contributed by atoms with Crippen LogP contribution in [0.4, 0.5) is 4.79 Å². The molecule has 0 aromatic heterocycles. The molecule has 2 amide bonds. The van der Waals surface area contributed by atoms with Gasteiger partial charge in [0, 0.05) is 32.0 Å². The molecule has 1 rings (SSSR count). The standard InChI is InChI=1S/C10H19BrN2O/c1-12(7-5-6-11)10(14)13-8-3-2-4-9-13/h2-9H2,1H3. The van der Waals surface area contributed by atoms with E-state index >= 15 is 0 Å². The first-order valence-electron chi connectivity index (χ1n) is 5.31. The minimum atomic E-state index is 0.200. The molecule has 0 aliphatic carbocycles. The molecular formula is C10H19BrN2O. The van der Waals surface area contributed by atoms with E-state index in [1.165, 1.54) is 6.42 Å². The first-order valence-corrected chi connectivity index (χ1v) is 6.44. The number of hydrogen-bond acceptors (Lipinski definition) is 1. The maximum atomic E-state index is 11.8. The van der Waals surface area contributed by atoms with Gasteiger partial charge in [0.05, 0.1) is 0 Å². The largest absolute Gasteiger partial charge is 0.328 e. The summed E-state index contributed by atoms with van der Waals surface area (Å²) in [5.41, 5.74) is 0. The Morgan fingerprint density at radius 1 is 1.36 bits per heavy atom.